The van der Waals surface area contributed by atoms with Gasteiger partial charge in [0, 0.05) is 11.6 Å². The van der Waals surface area contributed by atoms with Crippen LogP contribution < -0.4 is 4.74 Å². The number of hydrogen-bond acceptors (Lipinski definition) is 3. The Morgan fingerprint density at radius 2 is 1.35 bits per heavy atom. The van der Waals surface area contributed by atoms with Crippen LogP contribution in [0.5, 0.6) is 11.5 Å². The SMILES string of the molecule is Cc1cc([S+](c2ccccc2)c2ccccc2)ccc1Oc1ccc(C(=O)c2cccs2)cc1. The number of thiophene rings is 1. The van der Waals surface area contributed by atoms with Crippen molar-refractivity contribution in [1.82, 2.24) is 0 Å². The highest BCUT2D eigenvalue weighted by Gasteiger charge is 2.28. The molecule has 4 heteroatoms. The third kappa shape index (κ3) is 4.84. The van der Waals surface area contributed by atoms with Gasteiger partial charge in [-0.15, -0.1) is 11.3 Å². The first kappa shape index (κ1) is 22.2. The molecule has 0 spiro atoms. The minimum atomic E-state index is -0.195. The monoisotopic (exact) mass is 479 g/mol. The topological polar surface area (TPSA) is 26.3 Å². The van der Waals surface area contributed by atoms with E-state index in [1.54, 1.807) is 0 Å². The standard InChI is InChI=1S/C30H23O2S2/c1-22-21-27(34(25-9-4-2-5-10-25)26-11-6-3-7-12-26)18-19-28(22)32-24-16-14-23(15-17-24)30(31)29-13-8-20-33-29/h2-21H,1H3/q+1. The number of ketones is 1. The molecule has 0 saturated carbocycles. The van der Waals surface area contributed by atoms with Gasteiger partial charge in [-0.3, -0.25) is 4.79 Å². The van der Waals surface area contributed by atoms with E-state index in [1.807, 2.05) is 47.8 Å². The van der Waals surface area contributed by atoms with Crippen LogP contribution >= 0.6 is 11.3 Å². The number of benzene rings is 4. The van der Waals surface area contributed by atoms with Crippen molar-refractivity contribution in [2.45, 2.75) is 21.6 Å². The average Bonchev–Trinajstić information content (AvgIpc) is 3.42. The van der Waals surface area contributed by atoms with Gasteiger partial charge in [0.25, 0.3) is 0 Å². The highest BCUT2D eigenvalue weighted by atomic mass is 32.2. The second kappa shape index (κ2) is 10.1. The van der Waals surface area contributed by atoms with Crippen LogP contribution in [0.4, 0.5) is 0 Å². The second-order valence-corrected chi connectivity index (χ2v) is 10.8. The molecule has 5 aromatic rings. The molecule has 4 aromatic carbocycles. The molecule has 0 aliphatic carbocycles. The summed E-state index contributed by atoms with van der Waals surface area (Å²) in [7, 11) is -0.195. The van der Waals surface area contributed by atoms with Gasteiger partial charge in [-0.1, -0.05) is 42.5 Å². The predicted octanol–water partition coefficient (Wildman–Crippen LogP) is 8.18. The quantitative estimate of drug-likeness (QED) is 0.174. The van der Waals surface area contributed by atoms with Crippen LogP contribution in [0.3, 0.4) is 0 Å². The molecule has 0 unspecified atom stereocenters. The summed E-state index contributed by atoms with van der Waals surface area (Å²) in [6.07, 6.45) is 0. The van der Waals surface area contributed by atoms with E-state index in [2.05, 4.69) is 79.7 Å². The van der Waals surface area contributed by atoms with Crippen LogP contribution in [0, 0.1) is 6.92 Å². The Morgan fingerprint density at radius 3 is 1.91 bits per heavy atom. The van der Waals surface area contributed by atoms with Crippen LogP contribution in [-0.2, 0) is 10.9 Å². The lowest BCUT2D eigenvalue weighted by molar-refractivity contribution is 0.104. The molecule has 0 atom stereocenters. The largest absolute Gasteiger partial charge is 0.457 e. The van der Waals surface area contributed by atoms with Gasteiger partial charge in [0.05, 0.1) is 15.8 Å². The number of carbonyl (C=O) groups excluding carboxylic acids is 1. The Kier molecular flexibility index (Phi) is 6.61. The lowest BCUT2D eigenvalue weighted by atomic mass is 10.1. The van der Waals surface area contributed by atoms with Crippen molar-refractivity contribution in [3.63, 3.8) is 0 Å². The lowest BCUT2D eigenvalue weighted by Gasteiger charge is -2.12. The summed E-state index contributed by atoms with van der Waals surface area (Å²) >= 11 is 1.45. The molecule has 0 bridgehead atoms. The lowest BCUT2D eigenvalue weighted by Crippen LogP contribution is -2.05. The number of ether oxygens (including phenoxy) is 1. The van der Waals surface area contributed by atoms with Gasteiger partial charge >= 0.3 is 0 Å². The fourth-order valence-electron chi connectivity index (χ4n) is 3.74. The summed E-state index contributed by atoms with van der Waals surface area (Å²) in [5.41, 5.74) is 1.73. The summed E-state index contributed by atoms with van der Waals surface area (Å²) in [6.45, 7) is 2.07. The average molecular weight is 480 g/mol. The molecule has 0 aliphatic heterocycles. The summed E-state index contributed by atoms with van der Waals surface area (Å²) in [5, 5.41) is 1.91. The van der Waals surface area contributed by atoms with E-state index in [4.69, 9.17) is 4.74 Å². The second-order valence-electron chi connectivity index (χ2n) is 7.79. The Hall–Kier alpha value is -3.60. The minimum Gasteiger partial charge on any atom is -0.457 e. The van der Waals surface area contributed by atoms with Crippen molar-refractivity contribution in [2.24, 2.45) is 0 Å². The van der Waals surface area contributed by atoms with Crippen LogP contribution in [-0.4, -0.2) is 5.78 Å². The number of aryl methyl sites for hydroxylation is 1. The molecule has 166 valence electrons. The van der Waals surface area contributed by atoms with E-state index in [0.29, 0.717) is 11.3 Å². The maximum absolute atomic E-state index is 12.5. The Balaban J connectivity index is 1.39. The Labute approximate surface area is 206 Å². The van der Waals surface area contributed by atoms with Gasteiger partial charge < -0.3 is 4.74 Å². The van der Waals surface area contributed by atoms with Crippen molar-refractivity contribution in [2.75, 3.05) is 0 Å². The van der Waals surface area contributed by atoms with E-state index in [0.717, 1.165) is 16.2 Å². The predicted molar refractivity (Wildman–Crippen MR) is 140 cm³/mol. The molecule has 2 nitrogen and oxygen atoms in total. The summed E-state index contributed by atoms with van der Waals surface area (Å²) in [4.78, 5) is 17.1. The van der Waals surface area contributed by atoms with Crippen LogP contribution in [0.2, 0.25) is 0 Å². The number of hydrogen-bond donors (Lipinski definition) is 0. The van der Waals surface area contributed by atoms with Crippen LogP contribution in [0.25, 0.3) is 0 Å². The zero-order valence-corrected chi connectivity index (χ0v) is 20.3. The van der Waals surface area contributed by atoms with Gasteiger partial charge in [-0.25, -0.2) is 0 Å². The minimum absolute atomic E-state index is 0.0379. The molecule has 0 saturated heterocycles. The van der Waals surface area contributed by atoms with E-state index in [9.17, 15) is 4.79 Å². The molecule has 0 aliphatic rings. The van der Waals surface area contributed by atoms with Crippen molar-refractivity contribution in [3.05, 3.63) is 137 Å². The zero-order chi connectivity index (χ0) is 23.3. The van der Waals surface area contributed by atoms with E-state index in [-0.39, 0.29) is 16.7 Å². The summed E-state index contributed by atoms with van der Waals surface area (Å²) in [5.74, 6) is 1.56. The Bertz CT molecular complexity index is 1340. The highest BCUT2D eigenvalue weighted by molar-refractivity contribution is 7.97. The third-order valence-electron chi connectivity index (χ3n) is 5.43. The first-order valence-corrected chi connectivity index (χ1v) is 13.1. The molecule has 1 heterocycles. The van der Waals surface area contributed by atoms with Gasteiger partial charge in [0.15, 0.2) is 14.7 Å². The molecule has 1 aromatic heterocycles. The van der Waals surface area contributed by atoms with Gasteiger partial charge in [-0.2, -0.15) is 0 Å². The Morgan fingerprint density at radius 1 is 0.706 bits per heavy atom. The molecular weight excluding hydrogens is 456 g/mol. The van der Waals surface area contributed by atoms with Crippen molar-refractivity contribution >= 4 is 28.0 Å². The van der Waals surface area contributed by atoms with Crippen molar-refractivity contribution in [3.8, 4) is 11.5 Å². The maximum atomic E-state index is 12.5. The normalized spacial score (nSPS) is 10.9. The maximum Gasteiger partial charge on any atom is 0.202 e. The summed E-state index contributed by atoms with van der Waals surface area (Å²) < 4.78 is 6.18. The fourth-order valence-corrected chi connectivity index (χ4v) is 6.60. The van der Waals surface area contributed by atoms with Gasteiger partial charge in [-0.05, 0) is 84.6 Å². The molecule has 34 heavy (non-hydrogen) atoms. The zero-order valence-electron chi connectivity index (χ0n) is 18.7. The van der Waals surface area contributed by atoms with E-state index >= 15 is 0 Å². The first-order chi connectivity index (χ1) is 16.7. The summed E-state index contributed by atoms with van der Waals surface area (Å²) in [6, 6.07) is 38.7. The first-order valence-electron chi connectivity index (χ1n) is 11.0. The molecule has 0 N–H and O–H groups in total. The van der Waals surface area contributed by atoms with Gasteiger partial charge in [0.1, 0.15) is 11.5 Å². The molecule has 0 amide bonds. The van der Waals surface area contributed by atoms with Gasteiger partial charge in [0.2, 0.25) is 5.78 Å². The molecule has 0 fully saturated rings. The third-order valence-corrected chi connectivity index (χ3v) is 8.51. The highest BCUT2D eigenvalue weighted by Crippen LogP contribution is 2.34. The van der Waals surface area contributed by atoms with Crippen molar-refractivity contribution in [1.29, 1.82) is 0 Å². The van der Waals surface area contributed by atoms with Crippen LogP contribution in [0.1, 0.15) is 20.8 Å². The van der Waals surface area contributed by atoms with Crippen molar-refractivity contribution < 1.29 is 9.53 Å². The molecule has 5 rings (SSSR count). The fraction of sp³-hybridized carbons (Fsp3) is 0.0333. The van der Waals surface area contributed by atoms with Crippen LogP contribution in [0.15, 0.2) is 135 Å². The van der Waals surface area contributed by atoms with E-state index in [1.165, 1.54) is 26.0 Å². The smallest absolute Gasteiger partial charge is 0.202 e. The number of rotatable bonds is 7. The molecular formula is C30H23O2S2+. The molecule has 0 radical (unpaired) electrons. The number of carbonyl (C=O) groups is 1. The van der Waals surface area contributed by atoms with E-state index < -0.39 is 0 Å².